The first-order valence-electron chi connectivity index (χ1n) is 33.3. The average Bonchev–Trinajstić information content (AvgIpc) is 0.849. The Kier molecular flexibility index (Phi) is 44.1. The molecule has 2 aromatic rings. The van der Waals surface area contributed by atoms with Crippen LogP contribution in [0.2, 0.25) is 0 Å². The van der Waals surface area contributed by atoms with Gasteiger partial charge in [0.2, 0.25) is 23.6 Å². The molecule has 5 N–H and O–H groups in total. The molecule has 0 aliphatic carbocycles. The fourth-order valence-corrected chi connectivity index (χ4v) is 12.5. The minimum absolute atomic E-state index is 0.00560. The van der Waals surface area contributed by atoms with Crippen molar-refractivity contribution in [1.29, 1.82) is 0 Å². The summed E-state index contributed by atoms with van der Waals surface area (Å²) in [6.07, 6.45) is -2.00. The van der Waals surface area contributed by atoms with E-state index >= 15 is 0 Å². The van der Waals surface area contributed by atoms with Crippen molar-refractivity contribution in [3.63, 3.8) is 0 Å². The minimum Gasteiger partial charge on any atom is -0.0622 e. The molecule has 0 heterocycles. The van der Waals surface area contributed by atoms with Gasteiger partial charge in [-0.3, -0.25) is 43.2 Å². The van der Waals surface area contributed by atoms with Crippen molar-refractivity contribution in [3.8, 4) is 0 Å². The number of amides is 5. The quantitative estimate of drug-likeness (QED) is 0.0358. The number of hydrogen-bond acceptors (Lipinski definition) is 16. The van der Waals surface area contributed by atoms with E-state index in [1.807, 2.05) is 27.7 Å². The summed E-state index contributed by atoms with van der Waals surface area (Å²) >= 11 is 0. The van der Waals surface area contributed by atoms with Crippen molar-refractivity contribution in [2.45, 2.75) is 162 Å². The first kappa shape index (κ1) is 87.4. The smallest absolute Gasteiger partial charge is 0.0622 e. The molecule has 0 aromatic heterocycles. The molecule has 0 saturated carbocycles. The Bertz CT molecular complexity index is 3020. The van der Waals surface area contributed by atoms with E-state index in [0.717, 1.165) is 17.7 Å². The van der Waals surface area contributed by atoms with E-state index in [0.29, 0.717) is 25.4 Å². The van der Waals surface area contributed by atoms with Crippen molar-refractivity contribution in [1.82, 2.24) is 26.6 Å². The summed E-state index contributed by atoms with van der Waals surface area (Å²) in [6.45, 7) is 11.3. The number of ether oxygens (including phenoxy) is 3. The zero-order valence-electron chi connectivity index (χ0n) is 57.8. The number of benzene rings is 2. The summed E-state index contributed by atoms with van der Waals surface area (Å²) in [5.41, 5.74) is 1.18. The summed E-state index contributed by atoms with van der Waals surface area (Å²) in [6, 6.07) is 17.8. The normalized spacial score (nSPS) is 13.4. The molecule has 0 fully saturated rings. The molecule has 10 radical (unpaired) electrons. The maximum atomic E-state index is 14.3. The third-order valence-electron chi connectivity index (χ3n) is 16.1. The first-order valence-corrected chi connectivity index (χ1v) is 37.0. The number of nitrogens with one attached hydrogen (secondary N) is 5. The zero-order chi connectivity index (χ0) is 72.5. The summed E-state index contributed by atoms with van der Waals surface area (Å²) < 4.78 is 15.8. The van der Waals surface area contributed by atoms with Crippen LogP contribution in [0.15, 0.2) is 60.7 Å². The second-order valence-electron chi connectivity index (χ2n) is 25.1. The van der Waals surface area contributed by atoms with Gasteiger partial charge in [-0.25, -0.2) is 0 Å². The molecule has 516 valence electrons. The Morgan fingerprint density at radius 1 is 0.526 bits per heavy atom. The van der Waals surface area contributed by atoms with E-state index in [1.54, 1.807) is 74.3 Å². The van der Waals surface area contributed by atoms with Gasteiger partial charge in [0.05, 0.1) is 39.0 Å². The van der Waals surface area contributed by atoms with Crippen LogP contribution in [-0.2, 0) is 89.4 Å². The van der Waals surface area contributed by atoms with Crippen molar-refractivity contribution >= 4 is 148 Å². The Morgan fingerprint density at radius 3 is 1.47 bits per heavy atom. The van der Waals surface area contributed by atoms with Gasteiger partial charge in [-0.1, -0.05) is 70.2 Å². The van der Waals surface area contributed by atoms with Gasteiger partial charge in [-0.2, -0.15) is 0 Å². The summed E-state index contributed by atoms with van der Waals surface area (Å²) in [7, 11) is 26.4. The zero-order valence-corrected chi connectivity index (χ0v) is 59.5. The van der Waals surface area contributed by atoms with Crippen LogP contribution in [0.1, 0.15) is 148 Å². The number of Topliss-reactive ketones (excluding diaryl/α,β-unsaturated/α-hetero) is 6. The molecular weight excluding hydrogens is 1270 g/mol. The predicted molar refractivity (Wildman–Crippen MR) is 386 cm³/mol. The molecule has 7 unspecified atom stereocenters. The van der Waals surface area contributed by atoms with Crippen LogP contribution in [0.25, 0.3) is 0 Å². The molecule has 97 heavy (non-hydrogen) atoms. The molecular formula is C66H96B8N5O16PS. The molecule has 0 aliphatic heterocycles. The van der Waals surface area contributed by atoms with Crippen LogP contribution in [-0.4, -0.2) is 210 Å². The molecule has 2 aromatic carbocycles. The van der Waals surface area contributed by atoms with Crippen LogP contribution < -0.4 is 26.6 Å². The summed E-state index contributed by atoms with van der Waals surface area (Å²) in [5, 5.41) is 13.1. The molecule has 0 aliphatic rings. The Hall–Kier alpha value is -5.67. The average molecular weight is 1370 g/mol. The van der Waals surface area contributed by atoms with Gasteiger partial charge >= 0.3 is 193 Å². The number of carbonyl (C=O) groups is 13. The monoisotopic (exact) mass is 1370 g/mol. The minimum atomic E-state index is -2.77. The van der Waals surface area contributed by atoms with E-state index in [-0.39, 0.29) is 145 Å². The van der Waals surface area contributed by atoms with Crippen LogP contribution in [0.3, 0.4) is 0 Å². The van der Waals surface area contributed by atoms with E-state index in [1.165, 1.54) is 7.11 Å². The van der Waals surface area contributed by atoms with Crippen LogP contribution in [0, 0.1) is 35.5 Å². The van der Waals surface area contributed by atoms with Crippen molar-refractivity contribution in [3.05, 3.63) is 71.8 Å². The van der Waals surface area contributed by atoms with E-state index in [2.05, 4.69) is 26.6 Å². The van der Waals surface area contributed by atoms with Gasteiger partial charge in [0.1, 0.15) is 24.7 Å². The summed E-state index contributed by atoms with van der Waals surface area (Å²) in [4.78, 5) is 177. The van der Waals surface area contributed by atoms with Gasteiger partial charge in [-0.15, -0.1) is 0 Å². The number of rotatable bonds is 53. The molecule has 0 bridgehead atoms. The van der Waals surface area contributed by atoms with E-state index in [4.69, 9.17) is 52.7 Å². The molecule has 31 heteroatoms. The molecule has 21 nitrogen and oxygen atoms in total. The molecule has 0 saturated heterocycles. The van der Waals surface area contributed by atoms with Crippen molar-refractivity contribution < 1.29 is 76.5 Å². The van der Waals surface area contributed by atoms with Gasteiger partial charge < -0.3 is 35.5 Å². The second kappa shape index (κ2) is 49.0. The van der Waals surface area contributed by atoms with Crippen LogP contribution >= 0.6 is 16.5 Å². The van der Waals surface area contributed by atoms with E-state index in [9.17, 15) is 62.3 Å². The third-order valence-corrected chi connectivity index (χ3v) is 19.9. The predicted octanol–water partition coefficient (Wildman–Crippen LogP) is 3.70. The molecule has 2 rings (SSSR count). The van der Waals surface area contributed by atoms with Crippen LogP contribution in [0.5, 0.6) is 0 Å². The number of hydrogen-bond donors (Lipinski definition) is 5. The van der Waals surface area contributed by atoms with Gasteiger partial charge in [0.15, 0.2) is 11.6 Å². The van der Waals surface area contributed by atoms with Gasteiger partial charge in [-0.05, 0) is 57.2 Å². The summed E-state index contributed by atoms with van der Waals surface area (Å²) in [5.74, 6) is -11.1. The fourth-order valence-electron chi connectivity index (χ4n) is 10.5. The SMILES string of the molecule is [B]B=S(=B[B])(B([B])[B])C(=O)CCC(=O)C(CC(C)C)NC(=O)C(CC(=O)CNC(=O)C(CCC(=O)NCC(=O)CC(Cc1ccccc1)C(=O)NC(CC(C)C)C(=O)CCC(=O)P([B])C)CC(=O)CCC(CCC(=O)CCOCC)C(=O)NCCOCCOC)Cc1ccccc1. The van der Waals surface area contributed by atoms with E-state index < -0.39 is 148 Å². The maximum absolute atomic E-state index is 14.3. The topological polar surface area (TPSA) is 310 Å². The molecule has 7 atom stereocenters. The molecule has 0 spiro atoms. The van der Waals surface area contributed by atoms with Crippen molar-refractivity contribution in [2.75, 3.05) is 66.4 Å². The number of ketones is 6. The Morgan fingerprint density at radius 2 is 1.00 bits per heavy atom. The first-order chi connectivity index (χ1) is 46.1. The third kappa shape index (κ3) is 35.8. The fraction of sp³-hybridized carbons (Fsp3) is 0.621. The van der Waals surface area contributed by atoms with Gasteiger partial charge in [0, 0.05) is 89.4 Å². The number of carbonyl (C=O) groups excluding carboxylic acids is 13. The second-order valence-corrected chi connectivity index (χ2v) is 29.9. The standard InChI is InChI=1S/C66H96B8N5O16PS/c1-8-94-31-29-52(80)22-19-48(63(89)75-30-32-95-34-33-93-6)20-23-53(81)39-49(21-26-60(86)76-42-54(82)40-50(37-46-15-11-9-12-16-46)65(91)78-56(35-44(2)3)58(84)24-27-61(87)96(7)71)64(90)77-43-55(83)41-51(38-47-17-13-10-14-18-47)66(92)79-57(36-45(4)5)59(85)25-28-62(88)97(72-67,73-68)74(69)70/h9-18,44-45,48-51,56-57H,8,19-43H2,1-7H3,(H,75,89)(H,76,86)(H,77,90)(H,78,91)(H,79,92). The Labute approximate surface area is 583 Å². The van der Waals surface area contributed by atoms with Crippen LogP contribution in [0.4, 0.5) is 0 Å². The molecule has 5 amide bonds. The number of methoxy groups -OCH3 is 1. The van der Waals surface area contributed by atoms with Crippen molar-refractivity contribution in [2.24, 2.45) is 35.5 Å². The van der Waals surface area contributed by atoms with Gasteiger partial charge in [0.25, 0.3) is 0 Å². The Balaban J connectivity index is 2.45.